The predicted octanol–water partition coefficient (Wildman–Crippen LogP) is 6.94. The van der Waals surface area contributed by atoms with Crippen LogP contribution in [0.15, 0.2) is 48.7 Å². The van der Waals surface area contributed by atoms with Crippen molar-refractivity contribution in [3.63, 3.8) is 0 Å². The van der Waals surface area contributed by atoms with Gasteiger partial charge in [-0.2, -0.15) is 0 Å². The largest absolute Gasteiger partial charge is 0.529 e. The first-order valence-corrected chi connectivity index (χ1v) is 12.6. The topological polar surface area (TPSA) is 27.7 Å². The Morgan fingerprint density at radius 1 is 0.593 bits per heavy atom. The Kier molecular flexibility index (Phi) is 19.1. The Morgan fingerprint density at radius 2 is 1.00 bits per heavy atom. The van der Waals surface area contributed by atoms with E-state index < -0.39 is 8.80 Å². The first-order valence-electron chi connectivity index (χ1n) is 10.8. The van der Waals surface area contributed by atoms with Gasteiger partial charge >= 0.3 is 8.80 Å². The smallest absolute Gasteiger partial charge is 0.370 e. The van der Waals surface area contributed by atoms with Crippen LogP contribution in [0.3, 0.4) is 0 Å². The second kappa shape index (κ2) is 19.8. The highest BCUT2D eigenvalue weighted by Gasteiger charge is 2.38. The van der Waals surface area contributed by atoms with Crippen LogP contribution in [0.4, 0.5) is 0 Å². The maximum atomic E-state index is 6.26. The minimum Gasteiger partial charge on any atom is -0.370 e. The van der Waals surface area contributed by atoms with Gasteiger partial charge in [-0.05, 0) is 25.0 Å². The molecule has 0 aliphatic heterocycles. The molecule has 0 atom stereocenters. The predicted molar refractivity (Wildman–Crippen MR) is 120 cm³/mol. The van der Waals surface area contributed by atoms with Crippen LogP contribution >= 0.6 is 0 Å². The van der Waals surface area contributed by atoms with Gasteiger partial charge in [0.1, 0.15) is 0 Å². The second-order valence-corrected chi connectivity index (χ2v) is 9.04. The van der Waals surface area contributed by atoms with E-state index in [4.69, 9.17) is 13.3 Å². The van der Waals surface area contributed by atoms with E-state index in [-0.39, 0.29) is 0 Å². The SMILES string of the molecule is C=CC=CC=CC=C[Si](OCCCCC)(OCCCCC)OCCCCC. The van der Waals surface area contributed by atoms with Crippen LogP contribution in [0.25, 0.3) is 0 Å². The molecule has 3 nitrogen and oxygen atoms in total. The minimum atomic E-state index is -2.79. The van der Waals surface area contributed by atoms with Gasteiger partial charge in [0, 0.05) is 19.8 Å². The van der Waals surface area contributed by atoms with Crippen molar-refractivity contribution >= 4 is 8.80 Å². The number of rotatable bonds is 19. The third-order valence-electron chi connectivity index (χ3n) is 4.03. The van der Waals surface area contributed by atoms with E-state index in [2.05, 4.69) is 27.4 Å². The molecule has 0 amide bonds. The fraction of sp³-hybridized carbons (Fsp3) is 0.652. The van der Waals surface area contributed by atoms with Gasteiger partial charge < -0.3 is 13.3 Å². The summed E-state index contributed by atoms with van der Waals surface area (Å²) >= 11 is 0. The zero-order valence-corrected chi connectivity index (χ0v) is 19.0. The van der Waals surface area contributed by atoms with Crippen LogP contribution < -0.4 is 0 Å². The lowest BCUT2D eigenvalue weighted by Gasteiger charge is -2.27. The summed E-state index contributed by atoms with van der Waals surface area (Å²) in [4.78, 5) is 0. The summed E-state index contributed by atoms with van der Waals surface area (Å²) in [5.74, 6) is 0. The number of hydrogen-bond donors (Lipinski definition) is 0. The van der Waals surface area contributed by atoms with E-state index in [9.17, 15) is 0 Å². The van der Waals surface area contributed by atoms with Crippen molar-refractivity contribution in [2.45, 2.75) is 78.6 Å². The minimum absolute atomic E-state index is 0.700. The van der Waals surface area contributed by atoms with Crippen LogP contribution in [0.5, 0.6) is 0 Å². The van der Waals surface area contributed by atoms with E-state index in [0.717, 1.165) is 19.3 Å². The molecule has 27 heavy (non-hydrogen) atoms. The summed E-state index contributed by atoms with van der Waals surface area (Å²) in [5.41, 5.74) is 2.04. The first kappa shape index (κ1) is 26.1. The highest BCUT2D eigenvalue weighted by Crippen LogP contribution is 2.16. The van der Waals surface area contributed by atoms with Crippen molar-refractivity contribution in [1.82, 2.24) is 0 Å². The molecule has 0 rings (SSSR count). The lowest BCUT2D eigenvalue weighted by atomic mass is 10.3. The molecular formula is C23H42O3Si. The Bertz CT molecular complexity index is 385. The van der Waals surface area contributed by atoms with Crippen LogP contribution in [-0.2, 0) is 13.3 Å². The van der Waals surface area contributed by atoms with Gasteiger partial charge in [-0.3, -0.25) is 0 Å². The molecule has 0 aliphatic carbocycles. The summed E-state index contributed by atoms with van der Waals surface area (Å²) < 4.78 is 18.8. The van der Waals surface area contributed by atoms with Crippen molar-refractivity contribution in [1.29, 1.82) is 0 Å². The van der Waals surface area contributed by atoms with E-state index >= 15 is 0 Å². The van der Waals surface area contributed by atoms with Crippen molar-refractivity contribution in [2.75, 3.05) is 19.8 Å². The van der Waals surface area contributed by atoms with E-state index in [0.29, 0.717) is 19.8 Å². The van der Waals surface area contributed by atoms with Gasteiger partial charge in [0.15, 0.2) is 0 Å². The molecule has 0 N–H and O–H groups in total. The molecule has 0 unspecified atom stereocenters. The highest BCUT2D eigenvalue weighted by atomic mass is 28.4. The van der Waals surface area contributed by atoms with Crippen LogP contribution in [0.1, 0.15) is 78.6 Å². The van der Waals surface area contributed by atoms with Gasteiger partial charge in [-0.15, -0.1) is 0 Å². The molecule has 0 heterocycles. The molecule has 0 radical (unpaired) electrons. The summed E-state index contributed by atoms with van der Waals surface area (Å²) in [6, 6.07) is 0. The zero-order chi connectivity index (χ0) is 20.1. The molecule has 0 bridgehead atoms. The van der Waals surface area contributed by atoms with Crippen LogP contribution in [0.2, 0.25) is 0 Å². The fourth-order valence-corrected chi connectivity index (χ4v) is 4.59. The molecule has 4 heteroatoms. The van der Waals surface area contributed by atoms with Crippen molar-refractivity contribution in [3.8, 4) is 0 Å². The summed E-state index contributed by atoms with van der Waals surface area (Å²) in [5, 5.41) is 0. The monoisotopic (exact) mass is 394 g/mol. The molecule has 0 aromatic carbocycles. The fourth-order valence-electron chi connectivity index (χ4n) is 2.41. The summed E-state index contributed by atoms with van der Waals surface area (Å²) in [6.45, 7) is 12.4. The third kappa shape index (κ3) is 15.8. The second-order valence-electron chi connectivity index (χ2n) is 6.63. The number of hydrogen-bond acceptors (Lipinski definition) is 3. The normalized spacial score (nSPS) is 12.7. The molecule has 0 aromatic rings. The Hall–Kier alpha value is -0.943. The van der Waals surface area contributed by atoms with E-state index in [1.165, 1.54) is 38.5 Å². The maximum Gasteiger partial charge on any atom is 0.529 e. The maximum absolute atomic E-state index is 6.26. The lowest BCUT2D eigenvalue weighted by Crippen LogP contribution is -2.45. The zero-order valence-electron chi connectivity index (χ0n) is 18.0. The van der Waals surface area contributed by atoms with Crippen molar-refractivity contribution < 1.29 is 13.3 Å². The molecule has 0 fully saturated rings. The number of unbranched alkanes of at least 4 members (excludes halogenated alkanes) is 6. The Labute approximate surface area is 169 Å². The highest BCUT2D eigenvalue weighted by molar-refractivity contribution is 6.66. The molecule has 0 aromatic heterocycles. The molecule has 0 saturated carbocycles. The van der Waals surface area contributed by atoms with E-state index in [1.54, 1.807) is 6.08 Å². The molecule has 0 saturated heterocycles. The van der Waals surface area contributed by atoms with Crippen LogP contribution in [-0.4, -0.2) is 28.6 Å². The van der Waals surface area contributed by atoms with Gasteiger partial charge in [0.05, 0.1) is 0 Å². The average molecular weight is 395 g/mol. The van der Waals surface area contributed by atoms with Crippen molar-refractivity contribution in [3.05, 3.63) is 48.7 Å². The van der Waals surface area contributed by atoms with Gasteiger partial charge in [-0.25, -0.2) is 0 Å². The van der Waals surface area contributed by atoms with Gasteiger partial charge in [0.2, 0.25) is 0 Å². The van der Waals surface area contributed by atoms with Gasteiger partial charge in [0.25, 0.3) is 0 Å². The molecule has 0 spiro atoms. The quantitative estimate of drug-likeness (QED) is 0.135. The molecule has 156 valence electrons. The van der Waals surface area contributed by atoms with Crippen molar-refractivity contribution in [2.24, 2.45) is 0 Å². The molecule has 0 aliphatic rings. The van der Waals surface area contributed by atoms with E-state index in [1.807, 2.05) is 36.1 Å². The summed E-state index contributed by atoms with van der Waals surface area (Å²) in [7, 11) is -2.79. The average Bonchev–Trinajstić information content (AvgIpc) is 2.68. The standard InChI is InChI=1S/C23H42O3Si/c1-5-9-13-14-15-19-23-27(24-20-16-10-6-2,25-21-17-11-7-3)26-22-18-12-8-4/h5,9,13-15,19,23H,1,6-8,10-12,16-18,20-22H2,2-4H3. The van der Waals surface area contributed by atoms with Gasteiger partial charge in [-0.1, -0.05) is 102 Å². The Balaban J connectivity index is 5.00. The number of allylic oxidation sites excluding steroid dienone is 6. The molecular weight excluding hydrogens is 352 g/mol. The lowest BCUT2D eigenvalue weighted by molar-refractivity contribution is 0.0676. The van der Waals surface area contributed by atoms with Crippen LogP contribution in [0, 0.1) is 0 Å². The first-order chi connectivity index (χ1) is 13.2. The Morgan fingerprint density at radius 3 is 1.41 bits per heavy atom. The summed E-state index contributed by atoms with van der Waals surface area (Å²) in [6.07, 6.45) is 21.8. The third-order valence-corrected chi connectivity index (χ3v) is 6.45.